The lowest BCUT2D eigenvalue weighted by Crippen LogP contribution is -2.34. The van der Waals surface area contributed by atoms with Crippen molar-refractivity contribution in [3.8, 4) is 0 Å². The Hall–Kier alpha value is -1.98. The number of rotatable bonds is 4. The van der Waals surface area contributed by atoms with Gasteiger partial charge >= 0.3 is 5.97 Å². The van der Waals surface area contributed by atoms with E-state index in [4.69, 9.17) is 0 Å². The smallest absolute Gasteiger partial charge is 0.309 e. The standard InChI is InChI=1S/C14H19N3O3/c1-8(2)7-17-12(18)6-10(14(19)20)13(17)11-4-5-15-9(3)16-11/h4-5,8,10,13H,6-7H2,1-3H3,(H,19,20). The van der Waals surface area contributed by atoms with Crippen molar-refractivity contribution in [2.75, 3.05) is 6.54 Å². The van der Waals surface area contributed by atoms with Gasteiger partial charge in [0, 0.05) is 19.2 Å². The van der Waals surface area contributed by atoms with Crippen molar-refractivity contribution in [2.24, 2.45) is 11.8 Å². The van der Waals surface area contributed by atoms with Gasteiger partial charge in [0.25, 0.3) is 0 Å². The molecule has 1 saturated heterocycles. The number of carbonyl (C=O) groups is 2. The number of aryl methyl sites for hydroxylation is 1. The summed E-state index contributed by atoms with van der Waals surface area (Å²) in [5.74, 6) is -0.957. The van der Waals surface area contributed by atoms with E-state index in [0.717, 1.165) is 0 Å². The lowest BCUT2D eigenvalue weighted by atomic mass is 9.97. The van der Waals surface area contributed by atoms with E-state index in [1.54, 1.807) is 24.1 Å². The van der Waals surface area contributed by atoms with E-state index in [2.05, 4.69) is 9.97 Å². The predicted octanol–water partition coefficient (Wildman–Crippen LogP) is 1.42. The lowest BCUT2D eigenvalue weighted by Gasteiger charge is -2.28. The van der Waals surface area contributed by atoms with Gasteiger partial charge in [0.1, 0.15) is 5.82 Å². The minimum atomic E-state index is -0.953. The van der Waals surface area contributed by atoms with Gasteiger partial charge in [-0.25, -0.2) is 9.97 Å². The van der Waals surface area contributed by atoms with Crippen LogP contribution in [0.5, 0.6) is 0 Å². The number of nitrogens with zero attached hydrogens (tertiary/aromatic N) is 3. The van der Waals surface area contributed by atoms with Crippen molar-refractivity contribution in [3.63, 3.8) is 0 Å². The molecule has 1 fully saturated rings. The highest BCUT2D eigenvalue weighted by Gasteiger charge is 2.45. The quantitative estimate of drug-likeness (QED) is 0.899. The Labute approximate surface area is 117 Å². The second-order valence-electron chi connectivity index (χ2n) is 5.56. The number of carboxylic acids is 1. The van der Waals surface area contributed by atoms with Crippen molar-refractivity contribution in [1.29, 1.82) is 0 Å². The Balaban J connectivity index is 2.40. The Kier molecular flexibility index (Phi) is 4.01. The molecule has 2 unspecified atom stereocenters. The second kappa shape index (κ2) is 5.56. The molecule has 0 bridgehead atoms. The van der Waals surface area contributed by atoms with Crippen molar-refractivity contribution < 1.29 is 14.7 Å². The molecule has 2 atom stereocenters. The van der Waals surface area contributed by atoms with E-state index in [1.165, 1.54) is 0 Å². The Morgan fingerprint density at radius 2 is 2.25 bits per heavy atom. The van der Waals surface area contributed by atoms with Crippen LogP contribution in [-0.2, 0) is 9.59 Å². The van der Waals surface area contributed by atoms with E-state index in [9.17, 15) is 14.7 Å². The van der Waals surface area contributed by atoms with E-state index in [0.29, 0.717) is 18.1 Å². The maximum Gasteiger partial charge on any atom is 0.309 e. The highest BCUT2D eigenvalue weighted by molar-refractivity contribution is 5.87. The number of hydrogen-bond acceptors (Lipinski definition) is 4. The zero-order valence-electron chi connectivity index (χ0n) is 11.9. The molecule has 1 aliphatic heterocycles. The molecule has 0 radical (unpaired) electrons. The van der Waals surface area contributed by atoms with Crippen molar-refractivity contribution in [2.45, 2.75) is 33.2 Å². The van der Waals surface area contributed by atoms with E-state index >= 15 is 0 Å². The summed E-state index contributed by atoms with van der Waals surface area (Å²) in [6, 6.07) is 1.20. The number of likely N-dealkylation sites (tertiary alicyclic amines) is 1. The molecular formula is C14H19N3O3. The van der Waals surface area contributed by atoms with Crippen LogP contribution < -0.4 is 0 Å². The lowest BCUT2D eigenvalue weighted by molar-refractivity contribution is -0.142. The monoisotopic (exact) mass is 277 g/mol. The fourth-order valence-corrected chi connectivity index (χ4v) is 2.63. The number of amides is 1. The molecule has 1 aromatic rings. The Morgan fingerprint density at radius 3 is 2.80 bits per heavy atom. The Morgan fingerprint density at radius 1 is 1.55 bits per heavy atom. The third-order valence-corrected chi connectivity index (χ3v) is 3.41. The van der Waals surface area contributed by atoms with Gasteiger partial charge in [0.2, 0.25) is 5.91 Å². The topological polar surface area (TPSA) is 83.4 Å². The summed E-state index contributed by atoms with van der Waals surface area (Å²) in [7, 11) is 0. The largest absolute Gasteiger partial charge is 0.481 e. The minimum Gasteiger partial charge on any atom is -0.481 e. The third-order valence-electron chi connectivity index (χ3n) is 3.41. The molecule has 1 N–H and O–H groups in total. The van der Waals surface area contributed by atoms with Gasteiger partial charge in [0.15, 0.2) is 0 Å². The average Bonchev–Trinajstić information content (AvgIpc) is 2.66. The molecule has 1 aromatic heterocycles. The summed E-state index contributed by atoms with van der Waals surface area (Å²) in [6.45, 7) is 6.30. The molecule has 0 aliphatic carbocycles. The molecule has 1 aliphatic rings. The Bertz CT molecular complexity index is 530. The maximum atomic E-state index is 12.1. The van der Waals surface area contributed by atoms with E-state index < -0.39 is 17.9 Å². The fraction of sp³-hybridized carbons (Fsp3) is 0.571. The molecule has 2 heterocycles. The van der Waals surface area contributed by atoms with Crippen LogP contribution in [0.2, 0.25) is 0 Å². The number of aliphatic carboxylic acids is 1. The van der Waals surface area contributed by atoms with E-state index in [-0.39, 0.29) is 18.2 Å². The molecule has 2 rings (SSSR count). The zero-order valence-corrected chi connectivity index (χ0v) is 11.9. The number of carboxylic acid groups (broad SMARTS) is 1. The summed E-state index contributed by atoms with van der Waals surface area (Å²) < 4.78 is 0. The van der Waals surface area contributed by atoms with Crippen molar-refractivity contribution in [3.05, 3.63) is 23.8 Å². The van der Waals surface area contributed by atoms with Crippen LogP contribution in [0.3, 0.4) is 0 Å². The predicted molar refractivity (Wildman–Crippen MR) is 71.8 cm³/mol. The fourth-order valence-electron chi connectivity index (χ4n) is 2.63. The molecule has 108 valence electrons. The zero-order chi connectivity index (χ0) is 14.9. The van der Waals surface area contributed by atoms with E-state index in [1.807, 2.05) is 13.8 Å². The van der Waals surface area contributed by atoms with Gasteiger partial charge in [0.05, 0.1) is 17.7 Å². The summed E-state index contributed by atoms with van der Waals surface area (Å²) in [4.78, 5) is 33.5. The van der Waals surface area contributed by atoms with Gasteiger partial charge in [-0.1, -0.05) is 13.8 Å². The molecular weight excluding hydrogens is 258 g/mol. The van der Waals surface area contributed by atoms with Crippen LogP contribution in [0, 0.1) is 18.8 Å². The van der Waals surface area contributed by atoms with Gasteiger partial charge < -0.3 is 10.0 Å². The van der Waals surface area contributed by atoms with Crippen LogP contribution >= 0.6 is 0 Å². The van der Waals surface area contributed by atoms with Gasteiger partial charge in [-0.05, 0) is 18.9 Å². The summed E-state index contributed by atoms with van der Waals surface area (Å²) in [5, 5.41) is 9.36. The van der Waals surface area contributed by atoms with Crippen molar-refractivity contribution >= 4 is 11.9 Å². The number of aromatic nitrogens is 2. The van der Waals surface area contributed by atoms with Crippen LogP contribution in [0.4, 0.5) is 0 Å². The first-order valence-corrected chi connectivity index (χ1v) is 6.72. The summed E-state index contributed by atoms with van der Waals surface area (Å²) >= 11 is 0. The molecule has 1 amide bonds. The SMILES string of the molecule is Cc1nccc(C2C(C(=O)O)CC(=O)N2CC(C)C)n1. The molecule has 0 spiro atoms. The molecule has 0 aromatic carbocycles. The minimum absolute atomic E-state index is 0.0375. The van der Waals surface area contributed by atoms with Crippen molar-refractivity contribution in [1.82, 2.24) is 14.9 Å². The third kappa shape index (κ3) is 2.79. The first kappa shape index (κ1) is 14.4. The normalized spacial score (nSPS) is 22.6. The molecule has 6 heteroatoms. The summed E-state index contributed by atoms with van der Waals surface area (Å²) in [5.41, 5.74) is 0.608. The molecule has 20 heavy (non-hydrogen) atoms. The van der Waals surface area contributed by atoms with Crippen LogP contribution in [0.25, 0.3) is 0 Å². The molecule has 6 nitrogen and oxygen atoms in total. The highest BCUT2D eigenvalue weighted by Crippen LogP contribution is 2.37. The first-order valence-electron chi connectivity index (χ1n) is 6.72. The highest BCUT2D eigenvalue weighted by atomic mass is 16.4. The second-order valence-corrected chi connectivity index (χ2v) is 5.56. The average molecular weight is 277 g/mol. The van der Waals surface area contributed by atoms with Gasteiger partial charge in [-0.3, -0.25) is 9.59 Å². The van der Waals surface area contributed by atoms with Crippen LogP contribution in [0.1, 0.15) is 37.8 Å². The number of hydrogen-bond donors (Lipinski definition) is 1. The van der Waals surface area contributed by atoms with Crippen LogP contribution in [-0.4, -0.2) is 38.4 Å². The summed E-state index contributed by atoms with van der Waals surface area (Å²) in [6.07, 6.45) is 1.64. The number of carbonyl (C=O) groups excluding carboxylic acids is 1. The first-order chi connectivity index (χ1) is 9.40. The van der Waals surface area contributed by atoms with Gasteiger partial charge in [-0.2, -0.15) is 0 Å². The molecule has 0 saturated carbocycles. The van der Waals surface area contributed by atoms with Gasteiger partial charge in [-0.15, -0.1) is 0 Å². The maximum absolute atomic E-state index is 12.1. The van der Waals surface area contributed by atoms with Crippen LogP contribution in [0.15, 0.2) is 12.3 Å².